The summed E-state index contributed by atoms with van der Waals surface area (Å²) in [4.78, 5) is 9.66. The molecule has 7 heteroatoms. The Morgan fingerprint density at radius 1 is 1.04 bits per heavy atom. The van der Waals surface area contributed by atoms with Gasteiger partial charge in [0.2, 0.25) is 0 Å². The van der Waals surface area contributed by atoms with E-state index in [1.807, 2.05) is 23.7 Å². The van der Waals surface area contributed by atoms with Crippen molar-refractivity contribution in [3.8, 4) is 0 Å². The summed E-state index contributed by atoms with van der Waals surface area (Å²) in [6.45, 7) is 6.05. The van der Waals surface area contributed by atoms with E-state index in [1.54, 1.807) is 23.5 Å². The Bertz CT molecular complexity index is 743. The molecular formula is C17H23N3O2S2. The summed E-state index contributed by atoms with van der Waals surface area (Å²) in [5, 5.41) is 3.21. The molecule has 0 N–H and O–H groups in total. The van der Waals surface area contributed by atoms with Gasteiger partial charge in [-0.2, -0.15) is 0 Å². The van der Waals surface area contributed by atoms with Crippen LogP contribution in [0.25, 0.3) is 0 Å². The molecule has 0 unspecified atom stereocenters. The van der Waals surface area contributed by atoms with Crippen molar-refractivity contribution in [2.75, 3.05) is 32.4 Å². The van der Waals surface area contributed by atoms with Crippen molar-refractivity contribution in [2.24, 2.45) is 0 Å². The van der Waals surface area contributed by atoms with Crippen LogP contribution < -0.4 is 0 Å². The second-order valence-electron chi connectivity index (χ2n) is 6.25. The van der Waals surface area contributed by atoms with Crippen molar-refractivity contribution >= 4 is 21.2 Å². The van der Waals surface area contributed by atoms with Gasteiger partial charge in [0.15, 0.2) is 9.84 Å². The number of nitrogens with zero attached hydrogens (tertiary/aromatic N) is 3. The molecule has 1 saturated heterocycles. The summed E-state index contributed by atoms with van der Waals surface area (Å²) in [7, 11) is -3.12. The first-order chi connectivity index (χ1) is 11.5. The van der Waals surface area contributed by atoms with Crippen LogP contribution in [0.5, 0.6) is 0 Å². The van der Waals surface area contributed by atoms with E-state index in [-0.39, 0.29) is 0 Å². The van der Waals surface area contributed by atoms with E-state index in [0.717, 1.165) is 51.3 Å². The lowest BCUT2D eigenvalue weighted by molar-refractivity contribution is 0.247. The first kappa shape index (κ1) is 17.5. The molecule has 0 amide bonds. The molecule has 1 aromatic carbocycles. The largest absolute Gasteiger partial charge is 0.298 e. The zero-order valence-electron chi connectivity index (χ0n) is 13.9. The van der Waals surface area contributed by atoms with Gasteiger partial charge in [-0.25, -0.2) is 13.4 Å². The van der Waals surface area contributed by atoms with E-state index in [0.29, 0.717) is 4.90 Å². The van der Waals surface area contributed by atoms with Gasteiger partial charge >= 0.3 is 0 Å². The predicted octanol–water partition coefficient (Wildman–Crippen LogP) is 2.25. The fraction of sp³-hybridized carbons (Fsp3) is 0.471. The minimum atomic E-state index is -3.12. The summed E-state index contributed by atoms with van der Waals surface area (Å²) in [5.74, 6) is 0. The first-order valence-corrected chi connectivity index (χ1v) is 10.9. The summed E-state index contributed by atoms with van der Waals surface area (Å²) in [6.07, 6.45) is 4.25. The Labute approximate surface area is 147 Å². The molecule has 0 radical (unpaired) electrons. The second-order valence-corrected chi connectivity index (χ2v) is 9.24. The van der Waals surface area contributed by atoms with Crippen LogP contribution in [-0.4, -0.2) is 55.6 Å². The van der Waals surface area contributed by atoms with Crippen molar-refractivity contribution in [3.05, 3.63) is 46.4 Å². The van der Waals surface area contributed by atoms with Crippen molar-refractivity contribution in [1.29, 1.82) is 0 Å². The molecular weight excluding hydrogens is 342 g/mol. The van der Waals surface area contributed by atoms with Gasteiger partial charge in [0, 0.05) is 37.5 Å². The van der Waals surface area contributed by atoms with E-state index in [1.165, 1.54) is 11.3 Å². The molecule has 3 rings (SSSR count). The number of rotatable bonds is 5. The lowest BCUT2D eigenvalue weighted by atomic mass is 10.2. The molecule has 2 heterocycles. The quantitative estimate of drug-likeness (QED) is 0.813. The maximum atomic E-state index is 11.5. The molecule has 130 valence electrons. The molecule has 5 nitrogen and oxygen atoms in total. The highest BCUT2D eigenvalue weighted by Gasteiger charge is 2.16. The smallest absolute Gasteiger partial charge is 0.175 e. The Hall–Kier alpha value is -1.28. The third-order valence-electron chi connectivity index (χ3n) is 4.28. The SMILES string of the molecule is CS(=O)(=O)c1ccc(CN2CCCN(Cc3nccs3)CC2)cc1. The standard InChI is InChI=1S/C17H23N3O2S2/c1-24(21,22)16-5-3-15(4-6-16)13-19-8-2-9-20(11-10-19)14-17-18-7-12-23-17/h3-7,12H,2,8-11,13-14H2,1H3. The fourth-order valence-corrected chi connectivity index (χ4v) is 4.25. The highest BCUT2D eigenvalue weighted by Crippen LogP contribution is 2.15. The summed E-state index contributed by atoms with van der Waals surface area (Å²) in [6, 6.07) is 7.26. The van der Waals surface area contributed by atoms with Crippen LogP contribution in [0.1, 0.15) is 17.0 Å². The number of thiazole rings is 1. The number of aromatic nitrogens is 1. The lowest BCUT2D eigenvalue weighted by Crippen LogP contribution is -2.30. The van der Waals surface area contributed by atoms with Crippen LogP contribution in [0.4, 0.5) is 0 Å². The minimum Gasteiger partial charge on any atom is -0.298 e. The number of sulfone groups is 1. The van der Waals surface area contributed by atoms with E-state index in [4.69, 9.17) is 0 Å². The molecule has 0 spiro atoms. The number of hydrogen-bond donors (Lipinski definition) is 0. The third-order valence-corrected chi connectivity index (χ3v) is 6.17. The molecule has 0 aliphatic carbocycles. The molecule has 0 bridgehead atoms. The predicted molar refractivity (Wildman–Crippen MR) is 96.8 cm³/mol. The van der Waals surface area contributed by atoms with Crippen LogP contribution in [0.2, 0.25) is 0 Å². The molecule has 24 heavy (non-hydrogen) atoms. The Morgan fingerprint density at radius 2 is 1.71 bits per heavy atom. The van der Waals surface area contributed by atoms with Gasteiger partial charge in [0.05, 0.1) is 11.4 Å². The van der Waals surface area contributed by atoms with Gasteiger partial charge in [-0.15, -0.1) is 11.3 Å². The van der Waals surface area contributed by atoms with E-state index in [9.17, 15) is 8.42 Å². The van der Waals surface area contributed by atoms with Crippen molar-refractivity contribution < 1.29 is 8.42 Å². The maximum absolute atomic E-state index is 11.5. The van der Waals surface area contributed by atoms with Gasteiger partial charge in [-0.3, -0.25) is 9.80 Å². The van der Waals surface area contributed by atoms with Gasteiger partial charge in [-0.1, -0.05) is 12.1 Å². The average molecular weight is 366 g/mol. The minimum absolute atomic E-state index is 0.386. The molecule has 1 fully saturated rings. The van der Waals surface area contributed by atoms with E-state index in [2.05, 4.69) is 14.8 Å². The Balaban J connectivity index is 1.54. The molecule has 0 saturated carbocycles. The monoisotopic (exact) mass is 365 g/mol. The normalized spacial score (nSPS) is 17.7. The molecule has 1 aromatic heterocycles. The van der Waals surface area contributed by atoms with Crippen LogP contribution >= 0.6 is 11.3 Å². The van der Waals surface area contributed by atoms with Crippen molar-refractivity contribution in [1.82, 2.24) is 14.8 Å². The van der Waals surface area contributed by atoms with E-state index < -0.39 is 9.84 Å². The highest BCUT2D eigenvalue weighted by atomic mass is 32.2. The Morgan fingerprint density at radius 3 is 2.29 bits per heavy atom. The zero-order chi connectivity index (χ0) is 17.0. The maximum Gasteiger partial charge on any atom is 0.175 e. The lowest BCUT2D eigenvalue weighted by Gasteiger charge is -2.21. The van der Waals surface area contributed by atoms with E-state index >= 15 is 0 Å². The second kappa shape index (κ2) is 7.74. The first-order valence-electron chi connectivity index (χ1n) is 8.13. The topological polar surface area (TPSA) is 53.5 Å². The van der Waals surface area contributed by atoms with Crippen LogP contribution in [0.15, 0.2) is 40.7 Å². The highest BCUT2D eigenvalue weighted by molar-refractivity contribution is 7.90. The Kier molecular flexibility index (Phi) is 5.65. The molecule has 2 aromatic rings. The molecule has 1 aliphatic rings. The summed E-state index contributed by atoms with van der Waals surface area (Å²) >= 11 is 1.71. The summed E-state index contributed by atoms with van der Waals surface area (Å²) < 4.78 is 23.1. The third kappa shape index (κ3) is 4.86. The fourth-order valence-electron chi connectivity index (χ4n) is 2.96. The van der Waals surface area contributed by atoms with Crippen molar-refractivity contribution in [3.63, 3.8) is 0 Å². The van der Waals surface area contributed by atoms with Crippen LogP contribution in [0, 0.1) is 0 Å². The van der Waals surface area contributed by atoms with Crippen LogP contribution in [0.3, 0.4) is 0 Å². The number of hydrogen-bond acceptors (Lipinski definition) is 6. The number of benzene rings is 1. The summed E-state index contributed by atoms with van der Waals surface area (Å²) in [5.41, 5.74) is 1.16. The molecule has 0 atom stereocenters. The molecule has 1 aliphatic heterocycles. The van der Waals surface area contributed by atoms with Gasteiger partial charge in [0.1, 0.15) is 5.01 Å². The zero-order valence-corrected chi connectivity index (χ0v) is 15.5. The average Bonchev–Trinajstić information content (AvgIpc) is 2.95. The van der Waals surface area contributed by atoms with Crippen molar-refractivity contribution in [2.45, 2.75) is 24.4 Å². The van der Waals surface area contributed by atoms with Gasteiger partial charge in [0.25, 0.3) is 0 Å². The van der Waals surface area contributed by atoms with Gasteiger partial charge in [-0.05, 0) is 37.2 Å². The van der Waals surface area contributed by atoms with Gasteiger partial charge < -0.3 is 0 Å². The van der Waals surface area contributed by atoms with Crippen LogP contribution in [-0.2, 0) is 22.9 Å².